The maximum Gasteiger partial charge on any atom is 0.344 e. The molecule has 6 heteroatoms. The Morgan fingerprint density at radius 1 is 1.19 bits per heavy atom. The van der Waals surface area contributed by atoms with Crippen LogP contribution >= 0.6 is 0 Å². The second-order valence-electron chi connectivity index (χ2n) is 5.77. The minimum Gasteiger partial charge on any atom is -0.479 e. The summed E-state index contributed by atoms with van der Waals surface area (Å²) in [5, 5.41) is 17.4. The summed E-state index contributed by atoms with van der Waals surface area (Å²) in [6, 6.07) is 13.4. The van der Waals surface area contributed by atoms with Crippen molar-refractivity contribution in [2.75, 3.05) is 0 Å². The first-order valence-electron chi connectivity index (χ1n) is 8.33. The van der Waals surface area contributed by atoms with E-state index in [1.807, 2.05) is 0 Å². The van der Waals surface area contributed by atoms with E-state index in [9.17, 15) is 9.18 Å². The van der Waals surface area contributed by atoms with Crippen LogP contribution in [0.4, 0.5) is 4.39 Å². The van der Waals surface area contributed by atoms with Gasteiger partial charge in [-0.3, -0.25) is 0 Å². The highest BCUT2D eigenvalue weighted by Crippen LogP contribution is 2.28. The molecule has 0 aromatic heterocycles. The van der Waals surface area contributed by atoms with Crippen LogP contribution in [0, 0.1) is 17.1 Å². The third kappa shape index (κ3) is 5.49. The Morgan fingerprint density at radius 3 is 2.54 bits per heavy atom. The van der Waals surface area contributed by atoms with Crippen LogP contribution in [0.1, 0.15) is 31.7 Å². The Morgan fingerprint density at radius 2 is 1.88 bits per heavy atom. The molecule has 1 N–H and O–H groups in total. The van der Waals surface area contributed by atoms with Gasteiger partial charge in [0, 0.05) is 6.42 Å². The van der Waals surface area contributed by atoms with Crippen molar-refractivity contribution in [3.63, 3.8) is 0 Å². The number of hydrogen-bond donors (Lipinski definition) is 1. The van der Waals surface area contributed by atoms with Gasteiger partial charge in [-0.25, -0.2) is 9.18 Å². The van der Waals surface area contributed by atoms with Gasteiger partial charge in [-0.2, -0.15) is 5.26 Å². The fraction of sp³-hybridized carbons (Fsp3) is 0.300. The molecule has 0 radical (unpaired) electrons. The predicted octanol–water partition coefficient (Wildman–Crippen LogP) is 4.71. The zero-order valence-electron chi connectivity index (χ0n) is 14.4. The molecule has 0 saturated carbocycles. The quantitative estimate of drug-likeness (QED) is 0.658. The largest absolute Gasteiger partial charge is 0.479 e. The molecule has 0 aliphatic rings. The molecule has 0 aliphatic carbocycles. The maximum atomic E-state index is 14.5. The van der Waals surface area contributed by atoms with Crippen molar-refractivity contribution in [1.29, 1.82) is 5.26 Å². The summed E-state index contributed by atoms with van der Waals surface area (Å²) in [6.45, 7) is 1.43. The average molecular weight is 357 g/mol. The van der Waals surface area contributed by atoms with Crippen molar-refractivity contribution in [2.45, 2.75) is 38.7 Å². The molecule has 2 aromatic carbocycles. The second-order valence-corrected chi connectivity index (χ2v) is 5.77. The predicted molar refractivity (Wildman–Crippen MR) is 93.8 cm³/mol. The molecule has 2 aromatic rings. The standard InChI is InChI=1S/C20H20FNO4/c1-14(20(23)24)25-16-9-11-17(12-10-16)26-18-8-5-7-15(19(18)21)6-3-2-4-13-22/h5,7-12,14H,2-4,6H2,1H3,(H,23,24)/t14-/m1/s1. The number of unbranched alkanes of at least 4 members (excludes halogenated alkanes) is 2. The Labute approximate surface area is 151 Å². The first-order valence-corrected chi connectivity index (χ1v) is 8.33. The van der Waals surface area contributed by atoms with Gasteiger partial charge in [0.2, 0.25) is 0 Å². The van der Waals surface area contributed by atoms with Crippen LogP contribution < -0.4 is 9.47 Å². The van der Waals surface area contributed by atoms with Crippen LogP contribution in [0.2, 0.25) is 0 Å². The monoisotopic (exact) mass is 357 g/mol. The first-order chi connectivity index (χ1) is 12.5. The summed E-state index contributed by atoms with van der Waals surface area (Å²) in [6.07, 6.45) is 1.52. The van der Waals surface area contributed by atoms with Gasteiger partial charge in [-0.1, -0.05) is 12.1 Å². The van der Waals surface area contributed by atoms with Crippen LogP contribution in [-0.2, 0) is 11.2 Å². The normalized spacial score (nSPS) is 11.4. The molecule has 0 aliphatic heterocycles. The zero-order valence-corrected chi connectivity index (χ0v) is 14.4. The Hall–Kier alpha value is -3.07. The zero-order chi connectivity index (χ0) is 18.9. The van der Waals surface area contributed by atoms with Gasteiger partial charge in [0.05, 0.1) is 6.07 Å². The topological polar surface area (TPSA) is 79.5 Å². The number of nitriles is 1. The van der Waals surface area contributed by atoms with Crippen LogP contribution in [0.25, 0.3) is 0 Å². The summed E-state index contributed by atoms with van der Waals surface area (Å²) in [4.78, 5) is 10.8. The third-order valence-corrected chi connectivity index (χ3v) is 3.74. The number of carbonyl (C=O) groups is 1. The molecule has 0 spiro atoms. The van der Waals surface area contributed by atoms with Gasteiger partial charge in [0.25, 0.3) is 0 Å². The van der Waals surface area contributed by atoms with E-state index in [0.29, 0.717) is 29.9 Å². The highest BCUT2D eigenvalue weighted by atomic mass is 19.1. The lowest BCUT2D eigenvalue weighted by Crippen LogP contribution is -2.22. The molecule has 26 heavy (non-hydrogen) atoms. The molecule has 5 nitrogen and oxygen atoms in total. The number of halogens is 1. The number of nitrogens with zero attached hydrogens (tertiary/aromatic N) is 1. The number of carboxylic acid groups (broad SMARTS) is 1. The van der Waals surface area contributed by atoms with Crippen molar-refractivity contribution >= 4 is 5.97 Å². The van der Waals surface area contributed by atoms with E-state index < -0.39 is 17.9 Å². The Balaban J connectivity index is 2.02. The molecule has 2 rings (SSSR count). The second kappa shape index (κ2) is 9.42. The molecular formula is C20H20FNO4. The first kappa shape index (κ1) is 19.3. The van der Waals surface area contributed by atoms with Crippen LogP contribution in [0.3, 0.4) is 0 Å². The van der Waals surface area contributed by atoms with E-state index in [0.717, 1.165) is 12.8 Å². The smallest absolute Gasteiger partial charge is 0.344 e. The number of carboxylic acids is 1. The van der Waals surface area contributed by atoms with Gasteiger partial charge in [-0.15, -0.1) is 0 Å². The Kier molecular flexibility index (Phi) is 6.98. The van der Waals surface area contributed by atoms with Crippen LogP contribution in [-0.4, -0.2) is 17.2 Å². The lowest BCUT2D eigenvalue weighted by Gasteiger charge is -2.12. The van der Waals surface area contributed by atoms with Crippen molar-refractivity contribution in [2.24, 2.45) is 0 Å². The van der Waals surface area contributed by atoms with E-state index in [1.54, 1.807) is 42.5 Å². The summed E-state index contributed by atoms with van der Waals surface area (Å²) in [5.74, 6) is -0.543. The van der Waals surface area contributed by atoms with E-state index in [4.69, 9.17) is 19.8 Å². The van der Waals surface area contributed by atoms with E-state index in [1.165, 1.54) is 6.92 Å². The van der Waals surface area contributed by atoms with E-state index in [2.05, 4.69) is 6.07 Å². The van der Waals surface area contributed by atoms with Gasteiger partial charge in [-0.05, 0) is 62.1 Å². The number of hydrogen-bond acceptors (Lipinski definition) is 4. The van der Waals surface area contributed by atoms with Gasteiger partial charge in [0.1, 0.15) is 11.5 Å². The van der Waals surface area contributed by atoms with Crippen molar-refractivity contribution < 1.29 is 23.8 Å². The van der Waals surface area contributed by atoms with Crippen LogP contribution in [0.5, 0.6) is 17.2 Å². The van der Waals surface area contributed by atoms with Crippen LogP contribution in [0.15, 0.2) is 42.5 Å². The third-order valence-electron chi connectivity index (χ3n) is 3.74. The minimum absolute atomic E-state index is 0.121. The number of aryl methyl sites for hydroxylation is 1. The lowest BCUT2D eigenvalue weighted by molar-refractivity contribution is -0.144. The number of benzene rings is 2. The number of ether oxygens (including phenoxy) is 2. The highest BCUT2D eigenvalue weighted by molar-refractivity contribution is 5.72. The van der Waals surface area contributed by atoms with Crippen molar-refractivity contribution in [3.05, 3.63) is 53.8 Å². The molecule has 0 fully saturated rings. The van der Waals surface area contributed by atoms with E-state index in [-0.39, 0.29) is 5.75 Å². The summed E-state index contributed by atoms with van der Waals surface area (Å²) >= 11 is 0. The fourth-order valence-corrected chi connectivity index (χ4v) is 2.32. The molecule has 0 amide bonds. The Bertz CT molecular complexity index is 783. The van der Waals surface area contributed by atoms with Crippen molar-refractivity contribution in [1.82, 2.24) is 0 Å². The molecule has 136 valence electrons. The SMILES string of the molecule is C[C@@H](Oc1ccc(Oc2cccc(CCCCC#N)c2F)cc1)C(=O)O. The van der Waals surface area contributed by atoms with E-state index >= 15 is 0 Å². The maximum absolute atomic E-state index is 14.5. The average Bonchev–Trinajstić information content (AvgIpc) is 2.63. The van der Waals surface area contributed by atoms with Gasteiger partial charge < -0.3 is 14.6 Å². The molecule has 0 bridgehead atoms. The van der Waals surface area contributed by atoms with Crippen molar-refractivity contribution in [3.8, 4) is 23.3 Å². The molecular weight excluding hydrogens is 337 g/mol. The van der Waals surface area contributed by atoms with Gasteiger partial charge in [0.15, 0.2) is 17.7 Å². The molecule has 0 saturated heterocycles. The highest BCUT2D eigenvalue weighted by Gasteiger charge is 2.13. The van der Waals surface area contributed by atoms with Gasteiger partial charge >= 0.3 is 5.97 Å². The lowest BCUT2D eigenvalue weighted by atomic mass is 10.1. The summed E-state index contributed by atoms with van der Waals surface area (Å²) in [5.41, 5.74) is 0.552. The fourth-order valence-electron chi connectivity index (χ4n) is 2.32. The summed E-state index contributed by atoms with van der Waals surface area (Å²) in [7, 11) is 0. The number of rotatable bonds is 9. The number of aliphatic carboxylic acids is 1. The molecule has 1 atom stereocenters. The summed E-state index contributed by atoms with van der Waals surface area (Å²) < 4.78 is 25.3. The molecule has 0 unspecified atom stereocenters. The molecule has 0 heterocycles. The minimum atomic E-state index is -1.06.